The van der Waals surface area contributed by atoms with E-state index in [1.54, 1.807) is 24.3 Å². The number of carbonyl (C=O) groups excluding carboxylic acids is 3. The summed E-state index contributed by atoms with van der Waals surface area (Å²) >= 11 is 0. The van der Waals surface area contributed by atoms with E-state index in [4.69, 9.17) is 0 Å². The van der Waals surface area contributed by atoms with Gasteiger partial charge in [0, 0.05) is 6.54 Å². The highest BCUT2D eigenvalue weighted by Crippen LogP contribution is 2.27. The van der Waals surface area contributed by atoms with Crippen molar-refractivity contribution in [1.29, 1.82) is 0 Å². The summed E-state index contributed by atoms with van der Waals surface area (Å²) in [6, 6.07) is 16.0. The van der Waals surface area contributed by atoms with E-state index in [1.807, 2.05) is 32.0 Å². The smallest absolute Gasteiger partial charge is 0.262 e. The van der Waals surface area contributed by atoms with Crippen molar-refractivity contribution in [2.45, 2.75) is 39.2 Å². The van der Waals surface area contributed by atoms with Crippen LogP contribution in [0, 0.1) is 5.92 Å². The molecule has 146 valence electrons. The van der Waals surface area contributed by atoms with Crippen molar-refractivity contribution in [2.75, 3.05) is 6.54 Å². The SMILES string of the molecule is CC(C)CC(C(=O)NCCCc1ccccc1)N1C(=O)c2ccccc2C1=O. The Morgan fingerprint density at radius 1 is 0.929 bits per heavy atom. The van der Waals surface area contributed by atoms with Crippen molar-refractivity contribution >= 4 is 17.7 Å². The number of hydrogen-bond acceptors (Lipinski definition) is 3. The van der Waals surface area contributed by atoms with Crippen LogP contribution in [0.1, 0.15) is 53.0 Å². The highest BCUT2D eigenvalue weighted by Gasteiger charge is 2.42. The molecule has 3 rings (SSSR count). The predicted molar refractivity (Wildman–Crippen MR) is 108 cm³/mol. The van der Waals surface area contributed by atoms with Crippen LogP contribution in [-0.4, -0.2) is 35.2 Å². The third-order valence-corrected chi connectivity index (χ3v) is 4.92. The van der Waals surface area contributed by atoms with Gasteiger partial charge in [-0.1, -0.05) is 56.3 Å². The van der Waals surface area contributed by atoms with Gasteiger partial charge in [0.2, 0.25) is 5.91 Å². The number of carbonyl (C=O) groups is 3. The summed E-state index contributed by atoms with van der Waals surface area (Å²) in [6.45, 7) is 4.47. The molecule has 28 heavy (non-hydrogen) atoms. The molecule has 0 aromatic heterocycles. The molecule has 0 aliphatic carbocycles. The van der Waals surface area contributed by atoms with Gasteiger partial charge >= 0.3 is 0 Å². The van der Waals surface area contributed by atoms with Gasteiger partial charge < -0.3 is 5.32 Å². The second-order valence-corrected chi connectivity index (χ2v) is 7.55. The van der Waals surface area contributed by atoms with Crippen LogP contribution in [0.25, 0.3) is 0 Å². The van der Waals surface area contributed by atoms with E-state index in [0.29, 0.717) is 24.1 Å². The van der Waals surface area contributed by atoms with Crippen molar-refractivity contribution in [3.05, 3.63) is 71.3 Å². The van der Waals surface area contributed by atoms with Gasteiger partial charge in [0.15, 0.2) is 0 Å². The molecule has 2 aromatic carbocycles. The molecule has 5 nitrogen and oxygen atoms in total. The lowest BCUT2D eigenvalue weighted by Crippen LogP contribution is -2.50. The molecule has 1 unspecified atom stereocenters. The van der Waals surface area contributed by atoms with Gasteiger partial charge in [0.05, 0.1) is 11.1 Å². The number of nitrogens with zero attached hydrogens (tertiary/aromatic N) is 1. The number of benzene rings is 2. The van der Waals surface area contributed by atoms with Crippen molar-refractivity contribution in [1.82, 2.24) is 10.2 Å². The summed E-state index contributed by atoms with van der Waals surface area (Å²) in [4.78, 5) is 39.5. The first kappa shape index (κ1) is 19.8. The fourth-order valence-electron chi connectivity index (χ4n) is 3.53. The average Bonchev–Trinajstić information content (AvgIpc) is 2.95. The molecule has 5 heteroatoms. The lowest BCUT2D eigenvalue weighted by molar-refractivity contribution is -0.125. The van der Waals surface area contributed by atoms with Gasteiger partial charge in [0.1, 0.15) is 6.04 Å². The lowest BCUT2D eigenvalue weighted by atomic mass is 10.0. The fraction of sp³-hybridized carbons (Fsp3) is 0.348. The van der Waals surface area contributed by atoms with Gasteiger partial charge in [-0.2, -0.15) is 0 Å². The number of nitrogens with one attached hydrogen (secondary N) is 1. The first-order valence-electron chi connectivity index (χ1n) is 9.77. The zero-order valence-electron chi connectivity index (χ0n) is 16.4. The van der Waals surface area contributed by atoms with Gasteiger partial charge in [-0.05, 0) is 42.9 Å². The maximum atomic E-state index is 12.9. The Balaban J connectivity index is 1.66. The standard InChI is InChI=1S/C23H26N2O3/c1-16(2)15-20(21(26)24-14-8-11-17-9-4-3-5-10-17)25-22(27)18-12-6-7-13-19(18)23(25)28/h3-7,9-10,12-13,16,20H,8,11,14-15H2,1-2H3,(H,24,26). The summed E-state index contributed by atoms with van der Waals surface area (Å²) < 4.78 is 0. The lowest BCUT2D eigenvalue weighted by Gasteiger charge is -2.26. The van der Waals surface area contributed by atoms with Crippen molar-refractivity contribution in [3.63, 3.8) is 0 Å². The molecule has 1 aliphatic rings. The third kappa shape index (κ3) is 4.30. The Morgan fingerprint density at radius 2 is 1.50 bits per heavy atom. The van der Waals surface area contributed by atoms with E-state index in [9.17, 15) is 14.4 Å². The number of aryl methyl sites for hydroxylation is 1. The molecular weight excluding hydrogens is 352 g/mol. The zero-order chi connectivity index (χ0) is 20.1. The zero-order valence-corrected chi connectivity index (χ0v) is 16.4. The van der Waals surface area contributed by atoms with E-state index < -0.39 is 6.04 Å². The molecule has 0 radical (unpaired) electrons. The summed E-state index contributed by atoms with van der Waals surface area (Å²) in [7, 11) is 0. The van der Waals surface area contributed by atoms with Crippen LogP contribution in [0.5, 0.6) is 0 Å². The van der Waals surface area contributed by atoms with Crippen LogP contribution in [0.2, 0.25) is 0 Å². The van der Waals surface area contributed by atoms with Gasteiger partial charge in [0.25, 0.3) is 11.8 Å². The summed E-state index contributed by atoms with van der Waals surface area (Å²) in [5.41, 5.74) is 1.96. The molecule has 3 amide bonds. The van der Waals surface area contributed by atoms with Crippen LogP contribution in [-0.2, 0) is 11.2 Å². The normalized spacial score (nSPS) is 14.3. The maximum absolute atomic E-state index is 12.9. The molecule has 1 atom stereocenters. The molecule has 0 saturated carbocycles. The molecule has 1 aliphatic heterocycles. The summed E-state index contributed by atoms with van der Waals surface area (Å²) in [5, 5.41) is 2.92. The highest BCUT2D eigenvalue weighted by molar-refractivity contribution is 6.22. The summed E-state index contributed by atoms with van der Waals surface area (Å²) in [5.74, 6) is -0.864. The molecule has 0 saturated heterocycles. The van der Waals surface area contributed by atoms with E-state index in [0.717, 1.165) is 17.7 Å². The minimum absolute atomic E-state index is 0.171. The number of imide groups is 1. The van der Waals surface area contributed by atoms with Crippen LogP contribution in [0.15, 0.2) is 54.6 Å². The number of amides is 3. The van der Waals surface area contributed by atoms with Crippen molar-refractivity contribution in [3.8, 4) is 0 Å². The summed E-state index contributed by atoms with van der Waals surface area (Å²) in [6.07, 6.45) is 2.10. The molecule has 1 N–H and O–H groups in total. The minimum atomic E-state index is -0.788. The first-order valence-corrected chi connectivity index (χ1v) is 9.77. The van der Waals surface area contributed by atoms with E-state index in [2.05, 4.69) is 17.4 Å². The van der Waals surface area contributed by atoms with E-state index in [1.165, 1.54) is 5.56 Å². The monoisotopic (exact) mass is 378 g/mol. The Hall–Kier alpha value is -2.95. The fourth-order valence-corrected chi connectivity index (χ4v) is 3.53. The molecule has 0 fully saturated rings. The molecule has 0 spiro atoms. The Bertz CT molecular complexity index is 826. The highest BCUT2D eigenvalue weighted by atomic mass is 16.2. The second kappa shape index (κ2) is 8.83. The third-order valence-electron chi connectivity index (χ3n) is 4.92. The second-order valence-electron chi connectivity index (χ2n) is 7.55. The molecule has 0 bridgehead atoms. The van der Waals surface area contributed by atoms with Gasteiger partial charge in [-0.15, -0.1) is 0 Å². The van der Waals surface area contributed by atoms with E-state index in [-0.39, 0.29) is 23.6 Å². The predicted octanol–water partition coefficient (Wildman–Crippen LogP) is 3.45. The Kier molecular flexibility index (Phi) is 6.24. The van der Waals surface area contributed by atoms with Crippen molar-refractivity contribution < 1.29 is 14.4 Å². The van der Waals surface area contributed by atoms with Crippen LogP contribution in [0.4, 0.5) is 0 Å². The molecular formula is C23H26N2O3. The van der Waals surface area contributed by atoms with Crippen molar-refractivity contribution in [2.24, 2.45) is 5.92 Å². The molecule has 1 heterocycles. The van der Waals surface area contributed by atoms with Gasteiger partial charge in [-0.25, -0.2) is 0 Å². The minimum Gasteiger partial charge on any atom is -0.354 e. The number of rotatable bonds is 8. The van der Waals surface area contributed by atoms with Crippen LogP contribution < -0.4 is 5.32 Å². The Morgan fingerprint density at radius 3 is 2.07 bits per heavy atom. The van der Waals surface area contributed by atoms with Crippen LogP contribution >= 0.6 is 0 Å². The largest absolute Gasteiger partial charge is 0.354 e. The average molecular weight is 378 g/mol. The number of hydrogen-bond donors (Lipinski definition) is 1. The van der Waals surface area contributed by atoms with E-state index >= 15 is 0 Å². The maximum Gasteiger partial charge on any atom is 0.262 e. The topological polar surface area (TPSA) is 66.5 Å². The Labute approximate surface area is 165 Å². The quantitative estimate of drug-likeness (QED) is 0.565. The molecule has 2 aromatic rings. The number of fused-ring (bicyclic) bond motifs is 1. The van der Waals surface area contributed by atoms with Gasteiger partial charge in [-0.3, -0.25) is 19.3 Å². The first-order chi connectivity index (χ1) is 13.5. The van der Waals surface area contributed by atoms with Crippen LogP contribution in [0.3, 0.4) is 0 Å².